The van der Waals surface area contributed by atoms with Crippen molar-refractivity contribution in [2.75, 3.05) is 6.54 Å². The molecule has 3 atom stereocenters. The first-order valence-electron chi connectivity index (χ1n) is 11.4. The Hall–Kier alpha value is -3.36. The average molecular weight is 474 g/mol. The van der Waals surface area contributed by atoms with Crippen molar-refractivity contribution in [1.82, 2.24) is 10.3 Å². The van der Waals surface area contributed by atoms with Crippen LogP contribution in [0.3, 0.4) is 0 Å². The van der Waals surface area contributed by atoms with Crippen molar-refractivity contribution in [1.29, 1.82) is 0 Å². The lowest BCUT2D eigenvalue weighted by molar-refractivity contribution is -0.109. The monoisotopic (exact) mass is 473 g/mol. The first kappa shape index (κ1) is 26.9. The number of aromatic hydroxyl groups is 1. The molecule has 0 radical (unpaired) electrons. The summed E-state index contributed by atoms with van der Waals surface area (Å²) in [5.74, 6) is 0.0486. The van der Waals surface area contributed by atoms with Crippen LogP contribution in [0.1, 0.15) is 40.0 Å². The minimum Gasteiger partial charge on any atom is -0.506 e. The van der Waals surface area contributed by atoms with Gasteiger partial charge in [-0.25, -0.2) is 18.8 Å². The number of aliphatic imine (C=N–C) groups is 2. The van der Waals surface area contributed by atoms with Gasteiger partial charge in [0.05, 0.1) is 5.70 Å². The van der Waals surface area contributed by atoms with Crippen LogP contribution in [0.5, 0.6) is 5.75 Å². The molecule has 0 fully saturated rings. The Labute approximate surface area is 199 Å². The number of allylic oxidation sites excluding steroid dienone is 2. The highest BCUT2D eigenvalue weighted by molar-refractivity contribution is 5.99. The van der Waals surface area contributed by atoms with E-state index in [0.29, 0.717) is 37.2 Å². The Morgan fingerprint density at radius 1 is 1.29 bits per heavy atom. The second-order valence-corrected chi connectivity index (χ2v) is 8.27. The zero-order valence-electron chi connectivity index (χ0n) is 19.9. The van der Waals surface area contributed by atoms with E-state index in [0.717, 1.165) is 6.42 Å². The summed E-state index contributed by atoms with van der Waals surface area (Å²) in [5, 5.41) is 18.7. The molecule has 2 rings (SSSR count). The molecule has 1 aliphatic heterocycles. The SMILES string of the molecule is C=C1N=C(C(F)F)C=C(C(CC=Nc2ccccc2O)C(C)CCNC=O)N1/N=C\C(C)CC. The van der Waals surface area contributed by atoms with Gasteiger partial charge in [-0.2, -0.15) is 5.10 Å². The summed E-state index contributed by atoms with van der Waals surface area (Å²) in [6, 6.07) is 6.70. The molecule has 1 aromatic carbocycles. The van der Waals surface area contributed by atoms with Crippen molar-refractivity contribution in [3.8, 4) is 5.75 Å². The van der Waals surface area contributed by atoms with Gasteiger partial charge in [0.2, 0.25) is 6.41 Å². The normalized spacial score (nSPS) is 17.1. The Morgan fingerprint density at radius 2 is 2.03 bits per heavy atom. The van der Waals surface area contributed by atoms with Crippen molar-refractivity contribution >= 4 is 30.2 Å². The number of carbonyl (C=O) groups excluding carboxylic acids is 1. The summed E-state index contributed by atoms with van der Waals surface area (Å²) >= 11 is 0. The largest absolute Gasteiger partial charge is 0.506 e. The van der Waals surface area contributed by atoms with E-state index in [1.807, 2.05) is 20.8 Å². The van der Waals surface area contributed by atoms with Crippen LogP contribution in [0.15, 0.2) is 63.5 Å². The van der Waals surface area contributed by atoms with E-state index >= 15 is 0 Å². The zero-order chi connectivity index (χ0) is 25.1. The number of hydrogen-bond donors (Lipinski definition) is 2. The second-order valence-electron chi connectivity index (χ2n) is 8.27. The molecule has 0 aliphatic carbocycles. The number of hydrogen-bond acceptors (Lipinski definition) is 6. The van der Waals surface area contributed by atoms with Crippen molar-refractivity contribution in [3.63, 3.8) is 0 Å². The van der Waals surface area contributed by atoms with Crippen molar-refractivity contribution < 1.29 is 18.7 Å². The quantitative estimate of drug-likeness (QED) is 0.232. The molecule has 184 valence electrons. The molecule has 2 N–H and O–H groups in total. The topological polar surface area (TPSA) is 89.7 Å². The molecule has 1 heterocycles. The van der Waals surface area contributed by atoms with E-state index < -0.39 is 6.43 Å². The van der Waals surface area contributed by atoms with E-state index in [1.54, 1.807) is 36.7 Å². The van der Waals surface area contributed by atoms with E-state index in [4.69, 9.17) is 0 Å². The van der Waals surface area contributed by atoms with Crippen LogP contribution in [0, 0.1) is 17.8 Å². The maximum atomic E-state index is 13.6. The fourth-order valence-electron chi connectivity index (χ4n) is 3.44. The summed E-state index contributed by atoms with van der Waals surface area (Å²) in [5.41, 5.74) is 0.591. The Morgan fingerprint density at radius 3 is 2.68 bits per heavy atom. The molecule has 34 heavy (non-hydrogen) atoms. The zero-order valence-corrected chi connectivity index (χ0v) is 19.9. The number of para-hydroxylation sites is 2. The lowest BCUT2D eigenvalue weighted by Crippen LogP contribution is -2.32. The molecule has 9 heteroatoms. The van der Waals surface area contributed by atoms with Crippen LogP contribution < -0.4 is 5.32 Å². The van der Waals surface area contributed by atoms with Crippen molar-refractivity contribution in [3.05, 3.63) is 48.4 Å². The molecule has 0 spiro atoms. The van der Waals surface area contributed by atoms with Crippen LogP contribution in [0.25, 0.3) is 0 Å². The van der Waals surface area contributed by atoms with Gasteiger partial charge in [0, 0.05) is 24.9 Å². The Kier molecular flexibility index (Phi) is 10.6. The van der Waals surface area contributed by atoms with Crippen molar-refractivity contribution in [2.45, 2.75) is 46.5 Å². The lowest BCUT2D eigenvalue weighted by atomic mass is 9.84. The number of carbonyl (C=O) groups is 1. The fraction of sp³-hybridized carbons (Fsp3) is 0.440. The number of phenolic OH excluding ortho intramolecular Hbond substituents is 1. The minimum atomic E-state index is -2.75. The first-order chi connectivity index (χ1) is 16.3. The molecule has 1 amide bonds. The Balaban J connectivity index is 2.43. The van der Waals surface area contributed by atoms with E-state index in [1.165, 1.54) is 11.1 Å². The van der Waals surface area contributed by atoms with E-state index in [-0.39, 0.29) is 35.0 Å². The third kappa shape index (κ3) is 7.60. The number of nitrogens with one attached hydrogen (secondary N) is 1. The van der Waals surface area contributed by atoms with Crippen molar-refractivity contribution in [2.24, 2.45) is 32.8 Å². The van der Waals surface area contributed by atoms with Gasteiger partial charge < -0.3 is 10.4 Å². The van der Waals surface area contributed by atoms with Gasteiger partial charge >= 0.3 is 0 Å². The minimum absolute atomic E-state index is 0.0272. The highest BCUT2D eigenvalue weighted by Crippen LogP contribution is 2.34. The summed E-state index contributed by atoms with van der Waals surface area (Å²) in [6.07, 6.45) is 4.55. The predicted molar refractivity (Wildman–Crippen MR) is 133 cm³/mol. The number of amides is 1. The number of hydrazone groups is 1. The highest BCUT2D eigenvalue weighted by atomic mass is 19.3. The van der Waals surface area contributed by atoms with Gasteiger partial charge in [-0.15, -0.1) is 0 Å². The fourth-order valence-corrected chi connectivity index (χ4v) is 3.44. The smallest absolute Gasteiger partial charge is 0.280 e. The average Bonchev–Trinajstić information content (AvgIpc) is 2.81. The molecule has 0 bridgehead atoms. The maximum absolute atomic E-state index is 13.6. The summed E-state index contributed by atoms with van der Waals surface area (Å²) < 4.78 is 27.2. The number of benzene rings is 1. The number of halogens is 2. The molecule has 0 saturated carbocycles. The second kappa shape index (κ2) is 13.4. The number of nitrogens with zero attached hydrogens (tertiary/aromatic N) is 4. The van der Waals surface area contributed by atoms with Crippen LogP contribution in [0.4, 0.5) is 14.5 Å². The van der Waals surface area contributed by atoms with Crippen LogP contribution in [0.2, 0.25) is 0 Å². The molecular formula is C25H33F2N5O2. The van der Waals surface area contributed by atoms with Crippen LogP contribution >= 0.6 is 0 Å². The van der Waals surface area contributed by atoms with Gasteiger partial charge in [-0.1, -0.05) is 39.5 Å². The third-order valence-corrected chi connectivity index (χ3v) is 5.71. The molecule has 1 aliphatic rings. The summed E-state index contributed by atoms with van der Waals surface area (Å²) in [4.78, 5) is 19.0. The Bertz CT molecular complexity index is 958. The van der Waals surface area contributed by atoms with Crippen LogP contribution in [-0.4, -0.2) is 47.6 Å². The van der Waals surface area contributed by atoms with Gasteiger partial charge in [0.1, 0.15) is 23.0 Å². The van der Waals surface area contributed by atoms with Crippen LogP contribution in [-0.2, 0) is 4.79 Å². The lowest BCUT2D eigenvalue weighted by Gasteiger charge is -2.34. The van der Waals surface area contributed by atoms with Gasteiger partial charge in [-0.05, 0) is 49.3 Å². The highest BCUT2D eigenvalue weighted by Gasteiger charge is 2.31. The van der Waals surface area contributed by atoms with E-state index in [2.05, 4.69) is 27.0 Å². The number of rotatable bonds is 13. The molecule has 3 unspecified atom stereocenters. The molecule has 7 nitrogen and oxygen atoms in total. The first-order valence-corrected chi connectivity index (χ1v) is 11.4. The maximum Gasteiger partial charge on any atom is 0.280 e. The number of alkyl halides is 2. The van der Waals surface area contributed by atoms with Gasteiger partial charge in [0.25, 0.3) is 6.43 Å². The summed E-state index contributed by atoms with van der Waals surface area (Å²) in [6.45, 7) is 10.3. The molecular weight excluding hydrogens is 440 g/mol. The molecule has 1 aromatic rings. The van der Waals surface area contributed by atoms with Gasteiger partial charge in [0.15, 0.2) is 0 Å². The molecule has 0 aromatic heterocycles. The van der Waals surface area contributed by atoms with Gasteiger partial charge in [-0.3, -0.25) is 9.79 Å². The summed E-state index contributed by atoms with van der Waals surface area (Å²) in [7, 11) is 0. The predicted octanol–water partition coefficient (Wildman–Crippen LogP) is 5.28. The standard InChI is InChI=1S/C25H33F2N5O2/c1-5-17(2)15-30-32-19(4)31-22(25(26)27)14-23(32)20(18(3)10-12-28-16-33)11-13-29-21-8-6-7-9-24(21)34/h6-9,13-18,20,25,34H,4-5,10-12H2,1-3H3,(H,28,33)/b29-13?,30-15-. The third-order valence-electron chi connectivity index (χ3n) is 5.71. The number of phenols is 1. The molecule has 0 saturated heterocycles. The van der Waals surface area contributed by atoms with E-state index in [9.17, 15) is 18.7 Å².